The van der Waals surface area contributed by atoms with E-state index in [4.69, 9.17) is 5.73 Å². The van der Waals surface area contributed by atoms with Crippen LogP contribution in [0.25, 0.3) is 0 Å². The van der Waals surface area contributed by atoms with Crippen LogP contribution in [0.2, 0.25) is 0 Å². The van der Waals surface area contributed by atoms with Gasteiger partial charge in [-0.15, -0.1) is 0 Å². The van der Waals surface area contributed by atoms with Gasteiger partial charge < -0.3 is 5.73 Å². The van der Waals surface area contributed by atoms with Gasteiger partial charge in [-0.2, -0.15) is 0 Å². The molecule has 0 fully saturated rings. The highest BCUT2D eigenvalue weighted by Crippen LogP contribution is 2.01. The van der Waals surface area contributed by atoms with Crippen LogP contribution in [0, 0.1) is 5.92 Å². The van der Waals surface area contributed by atoms with Crippen LogP contribution in [0.15, 0.2) is 0 Å². The minimum Gasteiger partial charge on any atom is -0.368 e. The molecule has 0 saturated heterocycles. The van der Waals surface area contributed by atoms with Crippen LogP contribution >= 0.6 is 0 Å². The van der Waals surface area contributed by atoms with E-state index < -0.39 is 22.0 Å². The van der Waals surface area contributed by atoms with Crippen molar-refractivity contribution in [3.8, 4) is 0 Å². The third-order valence-electron chi connectivity index (χ3n) is 1.31. The Morgan fingerprint density at radius 3 is 1.92 bits per heavy atom. The Morgan fingerprint density at radius 2 is 1.83 bits per heavy atom. The highest BCUT2D eigenvalue weighted by atomic mass is 32.2. The first-order chi connectivity index (χ1) is 5.24. The number of rotatable bonds is 4. The molecular formula is C6H14N2O3S. The minimum atomic E-state index is -3.36. The van der Waals surface area contributed by atoms with Crippen molar-refractivity contribution < 1.29 is 13.2 Å². The molecule has 0 aliphatic rings. The average Bonchev–Trinajstić information content (AvgIpc) is 1.79. The summed E-state index contributed by atoms with van der Waals surface area (Å²) in [7, 11) is -3.36. The zero-order valence-electron chi connectivity index (χ0n) is 7.37. The van der Waals surface area contributed by atoms with Crippen molar-refractivity contribution in [1.29, 1.82) is 0 Å². The van der Waals surface area contributed by atoms with Gasteiger partial charge in [-0.05, 0) is 5.92 Å². The lowest BCUT2D eigenvalue weighted by atomic mass is 10.1. The van der Waals surface area contributed by atoms with Gasteiger partial charge in [-0.25, -0.2) is 13.1 Å². The maximum absolute atomic E-state index is 10.7. The quantitative estimate of drug-likeness (QED) is 0.604. The second kappa shape index (κ2) is 3.86. The van der Waals surface area contributed by atoms with Gasteiger partial charge in [0, 0.05) is 0 Å². The lowest BCUT2D eigenvalue weighted by Crippen LogP contribution is -2.47. The van der Waals surface area contributed by atoms with Crippen LogP contribution < -0.4 is 10.5 Å². The number of sulfonamides is 1. The molecule has 0 saturated carbocycles. The second-order valence-electron chi connectivity index (χ2n) is 3.01. The molecule has 0 aliphatic heterocycles. The molecule has 0 heterocycles. The molecule has 5 nitrogen and oxygen atoms in total. The highest BCUT2D eigenvalue weighted by Gasteiger charge is 2.22. The summed E-state index contributed by atoms with van der Waals surface area (Å²) in [5.74, 6) is -0.798. The SMILES string of the molecule is CC(C)[C@H](NS(C)(=O)=O)C(N)=O. The van der Waals surface area contributed by atoms with E-state index in [-0.39, 0.29) is 5.92 Å². The fourth-order valence-electron chi connectivity index (χ4n) is 0.753. The van der Waals surface area contributed by atoms with Gasteiger partial charge in [0.25, 0.3) is 0 Å². The van der Waals surface area contributed by atoms with E-state index in [0.717, 1.165) is 6.26 Å². The molecule has 0 aromatic carbocycles. The molecule has 0 rings (SSSR count). The van der Waals surface area contributed by atoms with Crippen LogP contribution in [0.4, 0.5) is 0 Å². The number of hydrogen-bond donors (Lipinski definition) is 2. The van der Waals surface area contributed by atoms with Gasteiger partial charge in [-0.1, -0.05) is 13.8 Å². The summed E-state index contributed by atoms with van der Waals surface area (Å²) < 4.78 is 23.6. The van der Waals surface area contributed by atoms with Crippen LogP contribution in [0.1, 0.15) is 13.8 Å². The Balaban J connectivity index is 4.46. The van der Waals surface area contributed by atoms with Crippen molar-refractivity contribution in [1.82, 2.24) is 4.72 Å². The molecule has 72 valence electrons. The molecule has 0 aromatic rings. The number of nitrogens with one attached hydrogen (secondary N) is 1. The summed E-state index contributed by atoms with van der Waals surface area (Å²) in [4.78, 5) is 10.7. The van der Waals surface area contributed by atoms with Crippen molar-refractivity contribution >= 4 is 15.9 Å². The Hall–Kier alpha value is -0.620. The molecular weight excluding hydrogens is 180 g/mol. The molecule has 3 N–H and O–H groups in total. The van der Waals surface area contributed by atoms with Crippen LogP contribution in [-0.2, 0) is 14.8 Å². The Morgan fingerprint density at radius 1 is 1.42 bits per heavy atom. The lowest BCUT2D eigenvalue weighted by molar-refractivity contribution is -0.120. The molecule has 0 unspecified atom stereocenters. The van der Waals surface area contributed by atoms with Crippen molar-refractivity contribution in [3.63, 3.8) is 0 Å². The molecule has 0 bridgehead atoms. The number of nitrogens with two attached hydrogens (primary N) is 1. The first-order valence-electron chi connectivity index (χ1n) is 3.50. The molecule has 6 heteroatoms. The molecule has 0 radical (unpaired) electrons. The number of carbonyl (C=O) groups is 1. The van der Waals surface area contributed by atoms with Gasteiger partial charge in [0.05, 0.1) is 6.26 Å². The van der Waals surface area contributed by atoms with Crippen molar-refractivity contribution in [2.45, 2.75) is 19.9 Å². The van der Waals surface area contributed by atoms with E-state index in [1.165, 1.54) is 0 Å². The third kappa shape index (κ3) is 4.30. The van der Waals surface area contributed by atoms with Gasteiger partial charge in [0.15, 0.2) is 0 Å². The lowest BCUT2D eigenvalue weighted by Gasteiger charge is -2.16. The Bertz CT molecular complexity index is 258. The number of carbonyl (C=O) groups excluding carboxylic acids is 1. The molecule has 0 aliphatic carbocycles. The maximum Gasteiger partial charge on any atom is 0.235 e. The molecule has 1 atom stereocenters. The number of hydrogen-bond acceptors (Lipinski definition) is 3. The summed E-state index contributed by atoms with van der Waals surface area (Å²) >= 11 is 0. The number of amides is 1. The molecule has 1 amide bonds. The first-order valence-corrected chi connectivity index (χ1v) is 5.40. The van der Waals surface area contributed by atoms with Gasteiger partial charge >= 0.3 is 0 Å². The van der Waals surface area contributed by atoms with Crippen LogP contribution in [0.3, 0.4) is 0 Å². The minimum absolute atomic E-state index is 0.141. The van der Waals surface area contributed by atoms with Crippen LogP contribution in [-0.4, -0.2) is 26.6 Å². The van der Waals surface area contributed by atoms with Crippen molar-refractivity contribution in [2.24, 2.45) is 11.7 Å². The zero-order valence-corrected chi connectivity index (χ0v) is 8.18. The highest BCUT2D eigenvalue weighted by molar-refractivity contribution is 7.88. The molecule has 0 spiro atoms. The Kier molecular flexibility index (Phi) is 3.66. The number of primary amides is 1. The summed E-state index contributed by atoms with van der Waals surface area (Å²) in [6, 6.07) is -0.819. The normalized spacial score (nSPS) is 14.7. The first kappa shape index (κ1) is 11.4. The Labute approximate surface area is 72.4 Å². The smallest absolute Gasteiger partial charge is 0.235 e. The summed E-state index contributed by atoms with van der Waals surface area (Å²) in [5, 5.41) is 0. The predicted octanol–water partition coefficient (Wildman–Crippen LogP) is -0.954. The van der Waals surface area contributed by atoms with E-state index in [1.807, 2.05) is 0 Å². The summed E-state index contributed by atoms with van der Waals surface area (Å²) in [6.45, 7) is 3.43. The average molecular weight is 194 g/mol. The fourth-order valence-corrected chi connectivity index (χ4v) is 1.60. The molecule has 0 aromatic heterocycles. The van der Waals surface area contributed by atoms with Gasteiger partial charge in [-0.3, -0.25) is 4.79 Å². The van der Waals surface area contributed by atoms with E-state index in [0.29, 0.717) is 0 Å². The van der Waals surface area contributed by atoms with E-state index in [1.54, 1.807) is 13.8 Å². The maximum atomic E-state index is 10.7. The van der Waals surface area contributed by atoms with E-state index in [9.17, 15) is 13.2 Å². The van der Waals surface area contributed by atoms with Gasteiger partial charge in [0.2, 0.25) is 15.9 Å². The fraction of sp³-hybridized carbons (Fsp3) is 0.833. The summed E-state index contributed by atoms with van der Waals surface area (Å²) in [6.07, 6.45) is 0.991. The topological polar surface area (TPSA) is 89.3 Å². The van der Waals surface area contributed by atoms with E-state index >= 15 is 0 Å². The third-order valence-corrected chi connectivity index (χ3v) is 2.00. The monoisotopic (exact) mass is 194 g/mol. The largest absolute Gasteiger partial charge is 0.368 e. The summed E-state index contributed by atoms with van der Waals surface area (Å²) in [5.41, 5.74) is 4.98. The predicted molar refractivity (Wildman–Crippen MR) is 45.8 cm³/mol. The second-order valence-corrected chi connectivity index (χ2v) is 4.79. The zero-order chi connectivity index (χ0) is 9.94. The molecule has 12 heavy (non-hydrogen) atoms. The van der Waals surface area contributed by atoms with E-state index in [2.05, 4.69) is 4.72 Å². The van der Waals surface area contributed by atoms with Gasteiger partial charge in [0.1, 0.15) is 6.04 Å². The van der Waals surface area contributed by atoms with Crippen LogP contribution in [0.5, 0.6) is 0 Å². The van der Waals surface area contributed by atoms with Crippen molar-refractivity contribution in [3.05, 3.63) is 0 Å². The standard InChI is InChI=1S/C6H14N2O3S/c1-4(2)5(6(7)9)8-12(3,10)11/h4-5,8H,1-3H3,(H2,7,9)/t5-/m0/s1. The van der Waals surface area contributed by atoms with Crippen molar-refractivity contribution in [2.75, 3.05) is 6.26 Å².